The lowest BCUT2D eigenvalue weighted by atomic mass is 9.95. The minimum Gasteiger partial charge on any atom is -0.373 e. The molecule has 1 amide bonds. The zero-order chi connectivity index (χ0) is 13.9. The van der Waals surface area contributed by atoms with E-state index in [1.807, 2.05) is 0 Å². The van der Waals surface area contributed by atoms with E-state index in [0.717, 1.165) is 38.0 Å². The largest absolute Gasteiger partial charge is 0.373 e. The lowest BCUT2D eigenvalue weighted by Gasteiger charge is -2.20. The van der Waals surface area contributed by atoms with E-state index in [2.05, 4.69) is 22.5 Å². The van der Waals surface area contributed by atoms with Crippen LogP contribution in [0.5, 0.6) is 0 Å². The number of amides is 1. The number of nitrogens with one attached hydrogen (secondary N) is 2. The first-order valence-electron chi connectivity index (χ1n) is 7.42. The number of hydrogen-bond acceptors (Lipinski definition) is 4. The number of rotatable bonds is 5. The lowest BCUT2D eigenvalue weighted by Crippen LogP contribution is -2.41. The Bertz CT molecular complexity index is 492. The summed E-state index contributed by atoms with van der Waals surface area (Å²) >= 11 is 0. The highest BCUT2D eigenvalue weighted by molar-refractivity contribution is 5.95. The molecule has 0 saturated carbocycles. The number of aromatic nitrogens is 1. The van der Waals surface area contributed by atoms with Gasteiger partial charge in [-0.1, -0.05) is 6.92 Å². The van der Waals surface area contributed by atoms with E-state index in [0.29, 0.717) is 11.7 Å². The second-order valence-electron chi connectivity index (χ2n) is 5.55. The smallest absolute Gasteiger partial charge is 0.251 e. The van der Waals surface area contributed by atoms with Gasteiger partial charge in [-0.15, -0.1) is 0 Å². The maximum absolute atomic E-state index is 12.3. The molecule has 3 heterocycles. The summed E-state index contributed by atoms with van der Waals surface area (Å²) in [7, 11) is 0. The van der Waals surface area contributed by atoms with Crippen molar-refractivity contribution in [2.24, 2.45) is 0 Å². The Morgan fingerprint density at radius 1 is 1.50 bits per heavy atom. The number of pyridine rings is 1. The van der Waals surface area contributed by atoms with E-state index in [-0.39, 0.29) is 18.1 Å². The molecule has 2 N–H and O–H groups in total. The molecule has 2 aliphatic heterocycles. The van der Waals surface area contributed by atoms with E-state index in [1.54, 1.807) is 18.3 Å². The summed E-state index contributed by atoms with van der Waals surface area (Å²) < 4.78 is 5.76. The van der Waals surface area contributed by atoms with Gasteiger partial charge in [-0.3, -0.25) is 4.79 Å². The summed E-state index contributed by atoms with van der Waals surface area (Å²) in [6.07, 6.45) is 6.41. The number of carbonyl (C=O) groups excluding carboxylic acids is 1. The van der Waals surface area contributed by atoms with Gasteiger partial charge in [-0.2, -0.15) is 0 Å². The third-order valence-corrected chi connectivity index (χ3v) is 4.00. The van der Waals surface area contributed by atoms with Crippen molar-refractivity contribution in [3.05, 3.63) is 23.9 Å². The molecule has 2 aliphatic rings. The summed E-state index contributed by atoms with van der Waals surface area (Å²) in [5.41, 5.74) is 0.654. The minimum absolute atomic E-state index is 0.0342. The molecule has 2 bridgehead atoms. The van der Waals surface area contributed by atoms with Gasteiger partial charge in [0, 0.05) is 18.3 Å². The molecule has 0 aliphatic carbocycles. The number of anilines is 1. The van der Waals surface area contributed by atoms with E-state index >= 15 is 0 Å². The van der Waals surface area contributed by atoms with Gasteiger partial charge in [-0.05, 0) is 37.8 Å². The van der Waals surface area contributed by atoms with Crippen LogP contribution in [0.4, 0.5) is 5.82 Å². The third kappa shape index (κ3) is 2.77. The first-order chi connectivity index (χ1) is 9.76. The van der Waals surface area contributed by atoms with Crippen molar-refractivity contribution in [2.45, 2.75) is 50.9 Å². The van der Waals surface area contributed by atoms with Crippen LogP contribution >= 0.6 is 0 Å². The monoisotopic (exact) mass is 275 g/mol. The van der Waals surface area contributed by atoms with Gasteiger partial charge in [0.2, 0.25) is 0 Å². The summed E-state index contributed by atoms with van der Waals surface area (Å²) in [5.74, 6) is 0.719. The summed E-state index contributed by atoms with van der Waals surface area (Å²) in [6, 6.07) is 3.72. The Kier molecular flexibility index (Phi) is 3.87. The Morgan fingerprint density at radius 3 is 3.10 bits per heavy atom. The second kappa shape index (κ2) is 5.79. The lowest BCUT2D eigenvalue weighted by molar-refractivity contribution is 0.0841. The summed E-state index contributed by atoms with van der Waals surface area (Å²) in [5, 5.41) is 6.28. The number of nitrogens with zero attached hydrogens (tertiary/aromatic N) is 1. The molecule has 0 radical (unpaired) electrons. The molecular weight excluding hydrogens is 254 g/mol. The fourth-order valence-corrected chi connectivity index (χ4v) is 2.96. The molecule has 20 heavy (non-hydrogen) atoms. The number of carbonyl (C=O) groups is 1. The quantitative estimate of drug-likeness (QED) is 0.862. The van der Waals surface area contributed by atoms with Gasteiger partial charge < -0.3 is 15.4 Å². The Morgan fingerprint density at radius 2 is 2.40 bits per heavy atom. The van der Waals surface area contributed by atoms with Crippen molar-refractivity contribution in [3.8, 4) is 0 Å². The Balaban J connectivity index is 1.62. The predicted octanol–water partition coefficient (Wildman–Crippen LogP) is 1.95. The Labute approximate surface area is 119 Å². The van der Waals surface area contributed by atoms with Crippen molar-refractivity contribution in [3.63, 3.8) is 0 Å². The molecule has 3 atom stereocenters. The molecule has 0 spiro atoms. The molecule has 1 aromatic rings. The molecule has 1 aromatic heterocycles. The molecule has 2 saturated heterocycles. The second-order valence-corrected chi connectivity index (χ2v) is 5.55. The van der Waals surface area contributed by atoms with Gasteiger partial charge in [-0.25, -0.2) is 4.98 Å². The SMILES string of the molecule is CCCNc1cc(C(=O)NC2CC3CCC2O3)ccn1. The van der Waals surface area contributed by atoms with Crippen LogP contribution in [-0.4, -0.2) is 35.7 Å². The highest BCUT2D eigenvalue weighted by Crippen LogP contribution is 2.34. The fourth-order valence-electron chi connectivity index (χ4n) is 2.96. The zero-order valence-corrected chi connectivity index (χ0v) is 11.8. The average Bonchev–Trinajstić information content (AvgIpc) is 3.08. The van der Waals surface area contributed by atoms with Crippen molar-refractivity contribution in [1.29, 1.82) is 0 Å². The minimum atomic E-state index is -0.0342. The van der Waals surface area contributed by atoms with Crippen molar-refractivity contribution < 1.29 is 9.53 Å². The molecule has 108 valence electrons. The van der Waals surface area contributed by atoms with Crippen LogP contribution in [0.15, 0.2) is 18.3 Å². The number of ether oxygens (including phenoxy) is 1. The van der Waals surface area contributed by atoms with Crippen LogP contribution in [-0.2, 0) is 4.74 Å². The zero-order valence-electron chi connectivity index (χ0n) is 11.8. The van der Waals surface area contributed by atoms with Crippen LogP contribution < -0.4 is 10.6 Å². The van der Waals surface area contributed by atoms with E-state index in [4.69, 9.17) is 4.74 Å². The first kappa shape index (κ1) is 13.4. The Hall–Kier alpha value is -1.62. The number of fused-ring (bicyclic) bond motifs is 2. The van der Waals surface area contributed by atoms with E-state index < -0.39 is 0 Å². The van der Waals surface area contributed by atoms with Crippen LogP contribution in [0.2, 0.25) is 0 Å². The molecule has 3 unspecified atom stereocenters. The predicted molar refractivity (Wildman–Crippen MR) is 76.8 cm³/mol. The molecule has 5 heteroatoms. The van der Waals surface area contributed by atoms with Gasteiger partial charge in [0.15, 0.2) is 0 Å². The highest BCUT2D eigenvalue weighted by Gasteiger charge is 2.41. The maximum Gasteiger partial charge on any atom is 0.251 e. The van der Waals surface area contributed by atoms with Crippen LogP contribution in [0, 0.1) is 0 Å². The summed E-state index contributed by atoms with van der Waals surface area (Å²) in [6.45, 7) is 2.96. The van der Waals surface area contributed by atoms with E-state index in [9.17, 15) is 4.79 Å². The first-order valence-corrected chi connectivity index (χ1v) is 7.42. The maximum atomic E-state index is 12.3. The summed E-state index contributed by atoms with van der Waals surface area (Å²) in [4.78, 5) is 16.5. The number of hydrogen-bond donors (Lipinski definition) is 2. The van der Waals surface area contributed by atoms with Crippen molar-refractivity contribution in [2.75, 3.05) is 11.9 Å². The van der Waals surface area contributed by atoms with Crippen molar-refractivity contribution >= 4 is 11.7 Å². The average molecular weight is 275 g/mol. The van der Waals surface area contributed by atoms with Crippen LogP contribution in [0.25, 0.3) is 0 Å². The van der Waals surface area contributed by atoms with Gasteiger partial charge in [0.25, 0.3) is 5.91 Å². The van der Waals surface area contributed by atoms with Gasteiger partial charge in [0.1, 0.15) is 5.82 Å². The molecule has 5 nitrogen and oxygen atoms in total. The third-order valence-electron chi connectivity index (χ3n) is 4.00. The van der Waals surface area contributed by atoms with Gasteiger partial charge >= 0.3 is 0 Å². The molecular formula is C15H21N3O2. The highest BCUT2D eigenvalue weighted by atomic mass is 16.5. The normalized spacial score (nSPS) is 27.6. The molecule has 0 aromatic carbocycles. The van der Waals surface area contributed by atoms with Crippen LogP contribution in [0.1, 0.15) is 43.0 Å². The van der Waals surface area contributed by atoms with Gasteiger partial charge in [0.05, 0.1) is 18.2 Å². The molecule has 2 fully saturated rings. The fraction of sp³-hybridized carbons (Fsp3) is 0.600. The molecule has 3 rings (SSSR count). The standard InChI is InChI=1S/C15H21N3O2/c1-2-6-16-14-8-10(5-7-17-14)15(19)18-12-9-11-3-4-13(12)20-11/h5,7-8,11-13H,2-4,6,9H2,1H3,(H,16,17)(H,18,19). The van der Waals surface area contributed by atoms with Crippen molar-refractivity contribution in [1.82, 2.24) is 10.3 Å². The van der Waals surface area contributed by atoms with Crippen LogP contribution in [0.3, 0.4) is 0 Å². The van der Waals surface area contributed by atoms with E-state index in [1.165, 1.54) is 0 Å². The topological polar surface area (TPSA) is 63.2 Å².